The summed E-state index contributed by atoms with van der Waals surface area (Å²) in [5, 5.41) is 0. The van der Waals surface area contributed by atoms with Crippen LogP contribution in [0.15, 0.2) is 65.0 Å². The molecule has 0 N–H and O–H groups in total. The SMILES string of the molecule is COC(=O)c1ccc(/C=C2\Oc3c(ccc(OC(=O)c4ccco4)c3C)C2=O)cc1. The second-order valence-corrected chi connectivity index (χ2v) is 6.49. The number of ether oxygens (including phenoxy) is 3. The maximum atomic E-state index is 12.7. The molecule has 1 aliphatic heterocycles. The molecule has 0 aliphatic carbocycles. The van der Waals surface area contributed by atoms with Gasteiger partial charge in [0.1, 0.15) is 11.5 Å². The molecular formula is C23H16O7. The first-order chi connectivity index (χ1) is 14.5. The molecular weight excluding hydrogens is 388 g/mol. The van der Waals surface area contributed by atoms with Crippen molar-refractivity contribution in [2.45, 2.75) is 6.92 Å². The van der Waals surface area contributed by atoms with E-state index >= 15 is 0 Å². The Balaban J connectivity index is 1.58. The zero-order valence-corrected chi connectivity index (χ0v) is 16.1. The number of rotatable bonds is 4. The van der Waals surface area contributed by atoms with E-state index in [0.717, 1.165) is 0 Å². The average Bonchev–Trinajstić information content (AvgIpc) is 3.40. The van der Waals surface area contributed by atoms with E-state index in [4.69, 9.17) is 13.9 Å². The smallest absolute Gasteiger partial charge is 0.379 e. The van der Waals surface area contributed by atoms with E-state index in [9.17, 15) is 14.4 Å². The zero-order chi connectivity index (χ0) is 21.3. The molecule has 0 saturated carbocycles. The number of esters is 2. The molecule has 0 unspecified atom stereocenters. The first-order valence-electron chi connectivity index (χ1n) is 9.00. The Labute approximate surface area is 171 Å². The maximum absolute atomic E-state index is 12.7. The van der Waals surface area contributed by atoms with Gasteiger partial charge in [0.25, 0.3) is 0 Å². The number of carbonyl (C=O) groups is 3. The van der Waals surface area contributed by atoms with Gasteiger partial charge >= 0.3 is 11.9 Å². The summed E-state index contributed by atoms with van der Waals surface area (Å²) in [4.78, 5) is 36.4. The summed E-state index contributed by atoms with van der Waals surface area (Å²) in [6.07, 6.45) is 2.96. The first kappa shape index (κ1) is 19.2. The van der Waals surface area contributed by atoms with Gasteiger partial charge in [-0.3, -0.25) is 4.79 Å². The molecule has 0 atom stereocenters. The summed E-state index contributed by atoms with van der Waals surface area (Å²) >= 11 is 0. The van der Waals surface area contributed by atoms with Crippen LogP contribution in [0.5, 0.6) is 11.5 Å². The molecule has 0 spiro atoms. The van der Waals surface area contributed by atoms with Gasteiger partial charge in [0, 0.05) is 5.56 Å². The summed E-state index contributed by atoms with van der Waals surface area (Å²) in [6, 6.07) is 12.7. The lowest BCUT2D eigenvalue weighted by atomic mass is 10.1. The van der Waals surface area contributed by atoms with Crippen LogP contribution in [-0.2, 0) is 4.74 Å². The first-order valence-corrected chi connectivity index (χ1v) is 9.00. The van der Waals surface area contributed by atoms with Gasteiger partial charge in [-0.15, -0.1) is 0 Å². The number of fused-ring (bicyclic) bond motifs is 1. The minimum atomic E-state index is -0.645. The summed E-state index contributed by atoms with van der Waals surface area (Å²) in [5.41, 5.74) is 1.98. The van der Waals surface area contributed by atoms with Gasteiger partial charge in [0.05, 0.1) is 24.5 Å². The van der Waals surface area contributed by atoms with Crippen LogP contribution in [0.1, 0.15) is 42.4 Å². The lowest BCUT2D eigenvalue weighted by Crippen LogP contribution is -2.08. The summed E-state index contributed by atoms with van der Waals surface area (Å²) in [5.74, 6) is -0.560. The van der Waals surface area contributed by atoms with E-state index in [1.165, 1.54) is 19.4 Å². The largest absolute Gasteiger partial charge is 0.465 e. The molecule has 4 rings (SSSR count). The highest BCUT2D eigenvalue weighted by atomic mass is 16.5. The van der Waals surface area contributed by atoms with E-state index in [0.29, 0.717) is 28.0 Å². The molecule has 0 bridgehead atoms. The lowest BCUT2D eigenvalue weighted by Gasteiger charge is -2.09. The number of ketones is 1. The maximum Gasteiger partial charge on any atom is 0.379 e. The molecule has 0 fully saturated rings. The highest BCUT2D eigenvalue weighted by Gasteiger charge is 2.30. The molecule has 2 heterocycles. The van der Waals surface area contributed by atoms with Crippen molar-refractivity contribution in [3.05, 3.63) is 88.6 Å². The molecule has 1 aliphatic rings. The Hall–Kier alpha value is -4.13. The van der Waals surface area contributed by atoms with E-state index in [1.807, 2.05) is 0 Å². The van der Waals surface area contributed by atoms with Gasteiger partial charge in [-0.1, -0.05) is 12.1 Å². The van der Waals surface area contributed by atoms with Crippen molar-refractivity contribution in [2.75, 3.05) is 7.11 Å². The van der Waals surface area contributed by atoms with Crippen molar-refractivity contribution in [2.24, 2.45) is 0 Å². The number of Topliss-reactive ketones (excluding diaryl/α,β-unsaturated/α-hetero) is 1. The highest BCUT2D eigenvalue weighted by Crippen LogP contribution is 2.39. The summed E-state index contributed by atoms with van der Waals surface area (Å²) in [6.45, 7) is 1.70. The van der Waals surface area contributed by atoms with E-state index in [-0.39, 0.29) is 23.1 Å². The minimum absolute atomic E-state index is 0.0721. The van der Waals surface area contributed by atoms with Gasteiger partial charge in [0.15, 0.2) is 5.76 Å². The Morgan fingerprint density at radius 3 is 2.43 bits per heavy atom. The second kappa shape index (κ2) is 7.71. The lowest BCUT2D eigenvalue weighted by molar-refractivity contribution is 0.0600. The van der Waals surface area contributed by atoms with Crippen LogP contribution in [0, 0.1) is 6.92 Å². The number of hydrogen-bond acceptors (Lipinski definition) is 7. The van der Waals surface area contributed by atoms with Gasteiger partial charge in [-0.2, -0.15) is 0 Å². The zero-order valence-electron chi connectivity index (χ0n) is 16.1. The fraction of sp³-hybridized carbons (Fsp3) is 0.0870. The van der Waals surface area contributed by atoms with Crippen LogP contribution in [0.4, 0.5) is 0 Å². The third-order valence-electron chi connectivity index (χ3n) is 4.59. The molecule has 7 nitrogen and oxygen atoms in total. The predicted octanol–water partition coefficient (Wildman–Crippen LogP) is 4.21. The van der Waals surface area contributed by atoms with Crippen LogP contribution in [-0.4, -0.2) is 24.8 Å². The van der Waals surface area contributed by atoms with Crippen LogP contribution < -0.4 is 9.47 Å². The molecule has 1 aromatic heterocycles. The molecule has 2 aromatic carbocycles. The number of furan rings is 1. The van der Waals surface area contributed by atoms with E-state index < -0.39 is 11.9 Å². The topological polar surface area (TPSA) is 92.0 Å². The summed E-state index contributed by atoms with van der Waals surface area (Å²) in [7, 11) is 1.31. The molecule has 0 radical (unpaired) electrons. The normalized spacial score (nSPS) is 13.7. The van der Waals surface area contributed by atoms with E-state index in [2.05, 4.69) is 4.74 Å². The van der Waals surface area contributed by atoms with Gasteiger partial charge in [0.2, 0.25) is 11.5 Å². The van der Waals surface area contributed by atoms with Crippen molar-refractivity contribution in [1.82, 2.24) is 0 Å². The fourth-order valence-electron chi connectivity index (χ4n) is 3.01. The van der Waals surface area contributed by atoms with Crippen molar-refractivity contribution in [3.8, 4) is 11.5 Å². The van der Waals surface area contributed by atoms with Crippen molar-refractivity contribution in [3.63, 3.8) is 0 Å². The Morgan fingerprint density at radius 2 is 1.77 bits per heavy atom. The summed E-state index contributed by atoms with van der Waals surface area (Å²) < 4.78 is 20.8. The van der Waals surface area contributed by atoms with Gasteiger partial charge < -0.3 is 18.6 Å². The number of hydrogen-bond donors (Lipinski definition) is 0. The second-order valence-electron chi connectivity index (χ2n) is 6.49. The predicted molar refractivity (Wildman–Crippen MR) is 106 cm³/mol. The molecule has 30 heavy (non-hydrogen) atoms. The average molecular weight is 404 g/mol. The number of allylic oxidation sites excluding steroid dienone is 1. The van der Waals surface area contributed by atoms with Gasteiger partial charge in [-0.05, 0) is 55.0 Å². The highest BCUT2D eigenvalue weighted by molar-refractivity contribution is 6.15. The minimum Gasteiger partial charge on any atom is -0.465 e. The van der Waals surface area contributed by atoms with Crippen LogP contribution in [0.3, 0.4) is 0 Å². The number of methoxy groups -OCH3 is 1. The number of benzene rings is 2. The van der Waals surface area contributed by atoms with Crippen molar-refractivity contribution >= 4 is 23.8 Å². The molecule has 0 saturated heterocycles. The van der Waals surface area contributed by atoms with E-state index in [1.54, 1.807) is 55.5 Å². The monoisotopic (exact) mass is 404 g/mol. The Bertz CT molecular complexity index is 1170. The van der Waals surface area contributed by atoms with Gasteiger partial charge in [-0.25, -0.2) is 9.59 Å². The molecule has 3 aromatic rings. The third-order valence-corrected chi connectivity index (χ3v) is 4.59. The van der Waals surface area contributed by atoms with Crippen LogP contribution in [0.2, 0.25) is 0 Å². The quantitative estimate of drug-likeness (QED) is 0.365. The molecule has 150 valence electrons. The van der Waals surface area contributed by atoms with Crippen LogP contribution >= 0.6 is 0 Å². The molecule has 7 heteroatoms. The Morgan fingerprint density at radius 1 is 1.00 bits per heavy atom. The number of carbonyl (C=O) groups excluding carboxylic acids is 3. The standard InChI is InChI=1S/C23H16O7/c1-13-17(30-23(26)18-4-3-11-28-18)10-9-16-20(24)19(29-21(13)16)12-14-5-7-15(8-6-14)22(25)27-2/h3-12H,1-2H3/b19-12-. The third kappa shape index (κ3) is 3.48. The Kier molecular flexibility index (Phi) is 4.93. The fourth-order valence-corrected chi connectivity index (χ4v) is 3.01. The van der Waals surface area contributed by atoms with Crippen LogP contribution in [0.25, 0.3) is 6.08 Å². The van der Waals surface area contributed by atoms with Crippen molar-refractivity contribution in [1.29, 1.82) is 0 Å². The molecule has 0 amide bonds. The van der Waals surface area contributed by atoms with Crippen molar-refractivity contribution < 1.29 is 33.0 Å².